The number of nitrogens with one attached hydrogen (secondary N) is 3. The number of piperidine rings is 1. The third-order valence-corrected chi connectivity index (χ3v) is 7.05. The molecule has 1 unspecified atom stereocenters. The van der Waals surface area contributed by atoms with Crippen molar-refractivity contribution in [3.05, 3.63) is 94.4 Å². The van der Waals surface area contributed by atoms with Gasteiger partial charge in [0.25, 0.3) is 5.91 Å². The molecule has 5 rings (SSSR count). The molecule has 1 aliphatic rings. The number of hydrogen-bond donors (Lipinski definition) is 3. The largest absolute Gasteiger partial charge is 0.444 e. The lowest BCUT2D eigenvalue weighted by molar-refractivity contribution is 0.102. The minimum atomic E-state index is -0.675. The zero-order valence-electron chi connectivity index (χ0n) is 20.9. The van der Waals surface area contributed by atoms with Crippen molar-refractivity contribution in [2.24, 2.45) is 5.92 Å². The van der Waals surface area contributed by atoms with E-state index in [0.29, 0.717) is 17.1 Å². The van der Waals surface area contributed by atoms with E-state index < -0.39 is 12.0 Å². The van der Waals surface area contributed by atoms with Crippen molar-refractivity contribution in [3.8, 4) is 0 Å². The first kappa shape index (κ1) is 25.8. The molecule has 9 heteroatoms. The molecule has 3 heterocycles. The summed E-state index contributed by atoms with van der Waals surface area (Å²) >= 11 is 3.46. The second kappa shape index (κ2) is 11.7. The molecule has 4 aromatic rings. The van der Waals surface area contributed by atoms with E-state index in [9.17, 15) is 9.59 Å². The standard InChI is InChI=1S/C29H28BrN5O3/c1-18-11-21(15-32-14-18)23-9-10-31-16-26(23)34-28(36)27-25(12-20-7-8-22(30)13-24(20)33-27)35-29(37)38-17-19-5-3-2-4-6-19/h2-10,12-13,16,18,21,32H,11,14-15,17H2,1H3,(H,34,36)(H,35,37)/t18-,21?/m0/s1. The molecule has 2 atom stereocenters. The number of benzene rings is 2. The molecule has 2 aromatic heterocycles. The molecular weight excluding hydrogens is 546 g/mol. The fourth-order valence-corrected chi connectivity index (χ4v) is 5.07. The number of anilines is 2. The van der Waals surface area contributed by atoms with Crippen LogP contribution in [-0.4, -0.2) is 35.1 Å². The van der Waals surface area contributed by atoms with Gasteiger partial charge in [-0.2, -0.15) is 0 Å². The molecule has 0 aliphatic carbocycles. The van der Waals surface area contributed by atoms with Gasteiger partial charge in [-0.05, 0) is 60.2 Å². The van der Waals surface area contributed by atoms with Crippen molar-refractivity contribution >= 4 is 50.2 Å². The molecule has 1 saturated heterocycles. The van der Waals surface area contributed by atoms with E-state index in [1.54, 1.807) is 18.5 Å². The molecule has 1 fully saturated rings. The molecule has 8 nitrogen and oxygen atoms in total. The van der Waals surface area contributed by atoms with E-state index in [2.05, 4.69) is 48.8 Å². The molecule has 0 bridgehead atoms. The molecule has 0 radical (unpaired) electrons. The first-order valence-electron chi connectivity index (χ1n) is 12.5. The van der Waals surface area contributed by atoms with Gasteiger partial charge < -0.3 is 15.4 Å². The highest BCUT2D eigenvalue weighted by Crippen LogP contribution is 2.32. The van der Waals surface area contributed by atoms with Crippen LogP contribution < -0.4 is 16.0 Å². The fraction of sp³-hybridized carbons (Fsp3) is 0.241. The molecule has 1 aliphatic heterocycles. The molecule has 194 valence electrons. The molecule has 0 spiro atoms. The lowest BCUT2D eigenvalue weighted by Gasteiger charge is -2.29. The average molecular weight is 574 g/mol. The van der Waals surface area contributed by atoms with Crippen molar-refractivity contribution < 1.29 is 14.3 Å². The van der Waals surface area contributed by atoms with Crippen LogP contribution in [0.25, 0.3) is 10.9 Å². The van der Waals surface area contributed by atoms with Crippen molar-refractivity contribution in [1.29, 1.82) is 0 Å². The van der Waals surface area contributed by atoms with Gasteiger partial charge in [0.05, 0.1) is 23.1 Å². The van der Waals surface area contributed by atoms with E-state index >= 15 is 0 Å². The van der Waals surface area contributed by atoms with Crippen LogP contribution in [0.3, 0.4) is 0 Å². The van der Waals surface area contributed by atoms with Crippen LogP contribution in [0.1, 0.15) is 40.9 Å². The number of fused-ring (bicyclic) bond motifs is 1. The summed E-state index contributed by atoms with van der Waals surface area (Å²) in [6.07, 6.45) is 3.74. The van der Waals surface area contributed by atoms with E-state index in [1.807, 2.05) is 54.6 Å². The fourth-order valence-electron chi connectivity index (χ4n) is 4.72. The highest BCUT2D eigenvalue weighted by molar-refractivity contribution is 9.10. The number of halogens is 1. The number of carbonyl (C=O) groups excluding carboxylic acids is 2. The Hall–Kier alpha value is -3.82. The van der Waals surface area contributed by atoms with Gasteiger partial charge in [0.1, 0.15) is 6.61 Å². The molecule has 2 amide bonds. The van der Waals surface area contributed by atoms with Gasteiger partial charge in [0.15, 0.2) is 5.69 Å². The molecule has 38 heavy (non-hydrogen) atoms. The van der Waals surface area contributed by atoms with Gasteiger partial charge in [0, 0.05) is 22.6 Å². The Kier molecular flexibility index (Phi) is 7.95. The summed E-state index contributed by atoms with van der Waals surface area (Å²) < 4.78 is 6.22. The van der Waals surface area contributed by atoms with Crippen LogP contribution in [0, 0.1) is 5.92 Å². The predicted molar refractivity (Wildman–Crippen MR) is 151 cm³/mol. The summed E-state index contributed by atoms with van der Waals surface area (Å²) in [5, 5.41) is 9.95. The van der Waals surface area contributed by atoms with Crippen molar-refractivity contribution in [2.75, 3.05) is 23.7 Å². The maximum atomic E-state index is 13.6. The maximum absolute atomic E-state index is 13.6. The van der Waals surface area contributed by atoms with Gasteiger partial charge >= 0.3 is 6.09 Å². The third-order valence-electron chi connectivity index (χ3n) is 6.56. The quantitative estimate of drug-likeness (QED) is 0.257. The van der Waals surface area contributed by atoms with Crippen LogP contribution >= 0.6 is 15.9 Å². The summed E-state index contributed by atoms with van der Waals surface area (Å²) in [7, 11) is 0. The molecular formula is C29H28BrN5O3. The summed E-state index contributed by atoms with van der Waals surface area (Å²) in [5.41, 5.74) is 3.47. The predicted octanol–water partition coefficient (Wildman–Crippen LogP) is 6.11. The second-order valence-electron chi connectivity index (χ2n) is 9.52. The summed E-state index contributed by atoms with van der Waals surface area (Å²) in [5.74, 6) is 0.336. The van der Waals surface area contributed by atoms with Crippen molar-refractivity contribution in [2.45, 2.75) is 25.9 Å². The molecule has 3 N–H and O–H groups in total. The maximum Gasteiger partial charge on any atom is 0.412 e. The average Bonchev–Trinajstić information content (AvgIpc) is 2.92. The van der Waals surface area contributed by atoms with Gasteiger partial charge in [-0.15, -0.1) is 0 Å². The Morgan fingerprint density at radius 1 is 1.05 bits per heavy atom. The monoisotopic (exact) mass is 573 g/mol. The third kappa shape index (κ3) is 6.17. The van der Waals surface area contributed by atoms with E-state index in [-0.39, 0.29) is 23.9 Å². The minimum Gasteiger partial charge on any atom is -0.444 e. The van der Waals surface area contributed by atoms with E-state index in [0.717, 1.165) is 40.5 Å². The second-order valence-corrected chi connectivity index (χ2v) is 10.4. The van der Waals surface area contributed by atoms with Crippen LogP contribution in [0.2, 0.25) is 0 Å². The first-order chi connectivity index (χ1) is 18.5. The minimum absolute atomic E-state index is 0.0807. The molecule has 2 aromatic carbocycles. The summed E-state index contributed by atoms with van der Waals surface area (Å²) in [6.45, 7) is 4.13. The summed E-state index contributed by atoms with van der Waals surface area (Å²) in [6, 6.07) is 18.6. The van der Waals surface area contributed by atoms with Crippen LogP contribution in [0.4, 0.5) is 16.2 Å². The normalized spacial score (nSPS) is 17.1. The number of amides is 2. The first-order valence-corrected chi connectivity index (χ1v) is 13.3. The van der Waals surface area contributed by atoms with Gasteiger partial charge in [-0.25, -0.2) is 9.78 Å². The number of carbonyl (C=O) groups is 2. The topological polar surface area (TPSA) is 105 Å². The Balaban J connectivity index is 1.42. The SMILES string of the molecule is C[C@@H]1CNCC(c2ccncc2NC(=O)c2nc3cc(Br)ccc3cc2NC(=O)OCc2ccccc2)C1. The highest BCUT2D eigenvalue weighted by atomic mass is 79.9. The highest BCUT2D eigenvalue weighted by Gasteiger charge is 2.24. The van der Waals surface area contributed by atoms with Crippen molar-refractivity contribution in [1.82, 2.24) is 15.3 Å². The lowest BCUT2D eigenvalue weighted by atomic mass is 9.86. The zero-order valence-corrected chi connectivity index (χ0v) is 22.5. The number of hydrogen-bond acceptors (Lipinski definition) is 6. The number of aromatic nitrogens is 2. The van der Waals surface area contributed by atoms with Gasteiger partial charge in [-0.3, -0.25) is 15.1 Å². The zero-order chi connectivity index (χ0) is 26.5. The summed E-state index contributed by atoms with van der Waals surface area (Å²) in [4.78, 5) is 35.1. The van der Waals surface area contributed by atoms with E-state index in [1.165, 1.54) is 0 Å². The molecule has 0 saturated carbocycles. The number of nitrogens with zero attached hydrogens (tertiary/aromatic N) is 2. The van der Waals surface area contributed by atoms with Crippen LogP contribution in [0.15, 0.2) is 77.5 Å². The Bertz CT molecular complexity index is 1460. The van der Waals surface area contributed by atoms with Gasteiger partial charge in [0.2, 0.25) is 0 Å². The van der Waals surface area contributed by atoms with Crippen LogP contribution in [-0.2, 0) is 11.3 Å². The Morgan fingerprint density at radius 2 is 1.89 bits per heavy atom. The lowest BCUT2D eigenvalue weighted by Crippen LogP contribution is -2.34. The van der Waals surface area contributed by atoms with Gasteiger partial charge in [-0.1, -0.05) is 59.3 Å². The Morgan fingerprint density at radius 3 is 2.71 bits per heavy atom. The van der Waals surface area contributed by atoms with Crippen molar-refractivity contribution in [3.63, 3.8) is 0 Å². The Labute approximate surface area is 229 Å². The number of pyridine rings is 2. The smallest absolute Gasteiger partial charge is 0.412 e. The van der Waals surface area contributed by atoms with E-state index in [4.69, 9.17) is 4.74 Å². The number of rotatable bonds is 6. The van der Waals surface area contributed by atoms with Crippen LogP contribution in [0.5, 0.6) is 0 Å². The number of ether oxygens (including phenoxy) is 1.